The minimum absolute atomic E-state index is 0.0496. The quantitative estimate of drug-likeness (QED) is 0.728. The average molecular weight is 245 g/mol. The Morgan fingerprint density at radius 3 is 2.24 bits per heavy atom. The molecule has 17 heavy (non-hydrogen) atoms. The van der Waals surface area contributed by atoms with E-state index in [1.165, 1.54) is 7.11 Å². The van der Waals surface area contributed by atoms with Gasteiger partial charge in [0.1, 0.15) is 5.54 Å². The molecule has 4 nitrogen and oxygen atoms in total. The number of methoxy groups -OCH3 is 1. The molecule has 0 saturated carbocycles. The molecule has 2 atom stereocenters. The van der Waals surface area contributed by atoms with Gasteiger partial charge in [-0.3, -0.25) is 4.79 Å². The molecule has 0 bridgehead atoms. The van der Waals surface area contributed by atoms with E-state index in [1.807, 2.05) is 6.92 Å². The molecule has 0 rings (SSSR count). The molecule has 0 fully saturated rings. The fourth-order valence-electron chi connectivity index (χ4n) is 1.54. The fraction of sp³-hybridized carbons (Fsp3) is 0.923. The number of hydrogen-bond donors (Lipinski definition) is 1. The van der Waals surface area contributed by atoms with Gasteiger partial charge in [0, 0.05) is 13.0 Å². The van der Waals surface area contributed by atoms with Gasteiger partial charge in [-0.2, -0.15) is 0 Å². The van der Waals surface area contributed by atoms with Crippen molar-refractivity contribution in [2.75, 3.05) is 13.7 Å². The van der Waals surface area contributed by atoms with Crippen molar-refractivity contribution in [1.29, 1.82) is 0 Å². The summed E-state index contributed by atoms with van der Waals surface area (Å²) in [7, 11) is 1.35. The van der Waals surface area contributed by atoms with E-state index < -0.39 is 11.5 Å². The Kier molecular flexibility index (Phi) is 6.13. The summed E-state index contributed by atoms with van der Waals surface area (Å²) in [5.74, 6) is -0.399. The highest BCUT2D eigenvalue weighted by Gasteiger charge is 2.31. The van der Waals surface area contributed by atoms with Crippen LogP contribution in [0.4, 0.5) is 0 Å². The van der Waals surface area contributed by atoms with Gasteiger partial charge in [-0.1, -0.05) is 20.8 Å². The number of carbonyl (C=O) groups is 1. The number of carbonyl (C=O) groups excluding carboxylic acids is 1. The van der Waals surface area contributed by atoms with E-state index in [2.05, 4.69) is 25.5 Å². The maximum absolute atomic E-state index is 11.4. The maximum atomic E-state index is 11.4. The third-order valence-electron chi connectivity index (χ3n) is 2.62. The normalized spacial score (nSPS) is 17.4. The third kappa shape index (κ3) is 7.34. The van der Waals surface area contributed by atoms with Crippen LogP contribution in [0.15, 0.2) is 0 Å². The number of rotatable bonds is 6. The fourth-order valence-corrected chi connectivity index (χ4v) is 1.54. The molecular weight excluding hydrogens is 218 g/mol. The third-order valence-corrected chi connectivity index (χ3v) is 2.62. The highest BCUT2D eigenvalue weighted by molar-refractivity contribution is 5.79. The molecule has 0 aliphatic heterocycles. The molecule has 0 aliphatic rings. The zero-order valence-corrected chi connectivity index (χ0v) is 12.0. The highest BCUT2D eigenvalue weighted by Crippen LogP contribution is 2.19. The predicted molar refractivity (Wildman–Crippen MR) is 68.7 cm³/mol. The molecule has 0 spiro atoms. The standard InChI is InChI=1S/C13H27NO3/c1-10(17-8-7-12(2,3)4)9-13(5,14)11(15)16-6/h10H,7-9,14H2,1-6H3. The molecule has 2 unspecified atom stereocenters. The zero-order valence-electron chi connectivity index (χ0n) is 12.0. The van der Waals surface area contributed by atoms with E-state index in [4.69, 9.17) is 10.5 Å². The first-order chi connectivity index (χ1) is 7.58. The summed E-state index contributed by atoms with van der Waals surface area (Å²) in [5.41, 5.74) is 5.16. The lowest BCUT2D eigenvalue weighted by atomic mass is 9.93. The number of nitrogens with two attached hydrogens (primary N) is 1. The van der Waals surface area contributed by atoms with Crippen molar-refractivity contribution in [3.8, 4) is 0 Å². The summed E-state index contributed by atoms with van der Waals surface area (Å²) < 4.78 is 10.3. The Labute approximate surface area is 105 Å². The smallest absolute Gasteiger partial charge is 0.325 e. The topological polar surface area (TPSA) is 61.5 Å². The minimum Gasteiger partial charge on any atom is -0.468 e. The Morgan fingerprint density at radius 1 is 1.29 bits per heavy atom. The van der Waals surface area contributed by atoms with Crippen molar-refractivity contribution in [2.24, 2.45) is 11.1 Å². The summed E-state index contributed by atoms with van der Waals surface area (Å²) >= 11 is 0. The van der Waals surface area contributed by atoms with Crippen LogP contribution in [-0.4, -0.2) is 31.3 Å². The zero-order chi connectivity index (χ0) is 13.7. The SMILES string of the molecule is COC(=O)C(C)(N)CC(C)OCCC(C)(C)C. The Morgan fingerprint density at radius 2 is 1.82 bits per heavy atom. The van der Waals surface area contributed by atoms with Crippen LogP contribution < -0.4 is 5.73 Å². The second-order valence-electron chi connectivity index (χ2n) is 6.11. The molecule has 0 aromatic carbocycles. The first-order valence-corrected chi connectivity index (χ1v) is 6.07. The van der Waals surface area contributed by atoms with Crippen molar-refractivity contribution in [3.63, 3.8) is 0 Å². The van der Waals surface area contributed by atoms with Gasteiger partial charge in [-0.05, 0) is 25.7 Å². The van der Waals surface area contributed by atoms with Crippen LogP contribution in [0.5, 0.6) is 0 Å². The van der Waals surface area contributed by atoms with Crippen LogP contribution in [0.2, 0.25) is 0 Å². The molecule has 0 heterocycles. The van der Waals surface area contributed by atoms with Crippen molar-refractivity contribution >= 4 is 5.97 Å². The molecule has 0 aliphatic carbocycles. The minimum atomic E-state index is -0.976. The van der Waals surface area contributed by atoms with E-state index in [9.17, 15) is 4.79 Å². The summed E-state index contributed by atoms with van der Waals surface area (Å²) in [4.78, 5) is 11.4. The van der Waals surface area contributed by atoms with Crippen LogP contribution in [0.25, 0.3) is 0 Å². The first kappa shape index (κ1) is 16.4. The van der Waals surface area contributed by atoms with Crippen LogP contribution in [0.1, 0.15) is 47.5 Å². The van der Waals surface area contributed by atoms with Crippen LogP contribution in [-0.2, 0) is 14.3 Å². The summed E-state index contributed by atoms with van der Waals surface area (Å²) in [6.07, 6.45) is 1.40. The van der Waals surface area contributed by atoms with Crippen molar-refractivity contribution in [2.45, 2.75) is 59.1 Å². The van der Waals surface area contributed by atoms with Crippen LogP contribution in [0, 0.1) is 5.41 Å². The van der Waals surface area contributed by atoms with E-state index in [1.54, 1.807) is 6.92 Å². The maximum Gasteiger partial charge on any atom is 0.325 e. The number of ether oxygens (including phenoxy) is 2. The van der Waals surface area contributed by atoms with E-state index >= 15 is 0 Å². The largest absolute Gasteiger partial charge is 0.468 e. The predicted octanol–water partition coefficient (Wildman–Crippen LogP) is 2.11. The molecule has 0 amide bonds. The van der Waals surface area contributed by atoms with Gasteiger partial charge in [0.2, 0.25) is 0 Å². The Hall–Kier alpha value is -0.610. The summed E-state index contributed by atoms with van der Waals surface area (Å²) in [6, 6.07) is 0. The first-order valence-electron chi connectivity index (χ1n) is 6.07. The molecule has 0 aromatic rings. The summed E-state index contributed by atoms with van der Waals surface area (Å²) in [5, 5.41) is 0. The van der Waals surface area contributed by atoms with E-state index in [0.29, 0.717) is 13.0 Å². The second kappa shape index (κ2) is 6.36. The molecule has 2 N–H and O–H groups in total. The van der Waals surface area contributed by atoms with Gasteiger partial charge in [-0.25, -0.2) is 0 Å². The Bertz CT molecular complexity index is 244. The Balaban J connectivity index is 4.01. The van der Waals surface area contributed by atoms with E-state index in [-0.39, 0.29) is 11.5 Å². The lowest BCUT2D eigenvalue weighted by Gasteiger charge is -2.26. The van der Waals surface area contributed by atoms with Gasteiger partial charge < -0.3 is 15.2 Å². The van der Waals surface area contributed by atoms with Gasteiger partial charge in [0.25, 0.3) is 0 Å². The second-order valence-corrected chi connectivity index (χ2v) is 6.11. The van der Waals surface area contributed by atoms with Crippen molar-refractivity contribution < 1.29 is 14.3 Å². The molecule has 4 heteroatoms. The van der Waals surface area contributed by atoms with E-state index in [0.717, 1.165) is 6.42 Å². The monoisotopic (exact) mass is 245 g/mol. The van der Waals surface area contributed by atoms with Crippen LogP contribution in [0.3, 0.4) is 0 Å². The summed E-state index contributed by atoms with van der Waals surface area (Å²) in [6.45, 7) is 10.8. The lowest BCUT2D eigenvalue weighted by Crippen LogP contribution is -2.48. The highest BCUT2D eigenvalue weighted by atomic mass is 16.5. The lowest BCUT2D eigenvalue weighted by molar-refractivity contribution is -0.147. The van der Waals surface area contributed by atoms with Gasteiger partial charge in [-0.15, -0.1) is 0 Å². The molecular formula is C13H27NO3. The number of hydrogen-bond acceptors (Lipinski definition) is 4. The van der Waals surface area contributed by atoms with Gasteiger partial charge >= 0.3 is 5.97 Å². The molecule has 102 valence electrons. The molecule has 0 saturated heterocycles. The number of esters is 1. The molecule has 0 aromatic heterocycles. The van der Waals surface area contributed by atoms with Gasteiger partial charge in [0.05, 0.1) is 13.2 Å². The van der Waals surface area contributed by atoms with Crippen molar-refractivity contribution in [3.05, 3.63) is 0 Å². The molecule has 0 radical (unpaired) electrons. The van der Waals surface area contributed by atoms with Gasteiger partial charge in [0.15, 0.2) is 0 Å². The average Bonchev–Trinajstić information content (AvgIpc) is 2.13. The van der Waals surface area contributed by atoms with Crippen molar-refractivity contribution in [1.82, 2.24) is 0 Å². The van der Waals surface area contributed by atoms with Crippen LogP contribution >= 0.6 is 0 Å².